The quantitative estimate of drug-likeness (QED) is 0.725. The van der Waals surface area contributed by atoms with Gasteiger partial charge in [-0.15, -0.1) is 11.8 Å². The van der Waals surface area contributed by atoms with Gasteiger partial charge in [0.25, 0.3) is 0 Å². The Morgan fingerprint density at radius 3 is 2.92 bits per heavy atom. The van der Waals surface area contributed by atoms with Gasteiger partial charge in [-0.25, -0.2) is 13.8 Å². The minimum atomic E-state index is -3.66. The zero-order chi connectivity index (χ0) is 17.3. The van der Waals surface area contributed by atoms with Crippen LogP contribution >= 0.6 is 19.6 Å². The van der Waals surface area contributed by atoms with E-state index in [1.54, 1.807) is 0 Å². The number of phosphoric ester groups is 1. The number of halogens is 1. The van der Waals surface area contributed by atoms with Crippen molar-refractivity contribution in [1.29, 1.82) is 0 Å². The maximum atomic E-state index is 14.4. The van der Waals surface area contributed by atoms with Gasteiger partial charge in [0.05, 0.1) is 25.1 Å². The average molecular weight is 381 g/mol. The Balaban J connectivity index is 1.68. The molecular weight excluding hydrogens is 364 g/mol. The summed E-state index contributed by atoms with van der Waals surface area (Å²) >= 11 is 0.987. The minimum Gasteiger partial charge on any atom is -0.389 e. The molecule has 2 saturated heterocycles. The van der Waals surface area contributed by atoms with Gasteiger partial charge in [-0.3, -0.25) is 18.1 Å². The van der Waals surface area contributed by atoms with Crippen LogP contribution in [0.2, 0.25) is 0 Å². The van der Waals surface area contributed by atoms with Crippen molar-refractivity contribution >= 4 is 25.4 Å². The van der Waals surface area contributed by atoms with Crippen LogP contribution in [0.3, 0.4) is 0 Å². The fraction of sp³-hybridized carbons (Fsp3) is 0.667. The number of phosphoric acid groups is 1. The largest absolute Gasteiger partial charge is 0.474 e. The number of nitrogens with two attached hydrogens (primary N) is 1. The van der Waals surface area contributed by atoms with Crippen LogP contribution in [-0.4, -0.2) is 52.0 Å². The van der Waals surface area contributed by atoms with Crippen LogP contribution in [0.15, 0.2) is 17.1 Å². The molecule has 2 fully saturated rings. The lowest BCUT2D eigenvalue weighted by atomic mass is 10.1. The zero-order valence-electron chi connectivity index (χ0n) is 12.5. The first-order valence-corrected chi connectivity index (χ1v) is 9.66. The number of aliphatic hydroxyl groups is 1. The van der Waals surface area contributed by atoms with Crippen molar-refractivity contribution in [2.24, 2.45) is 0 Å². The summed E-state index contributed by atoms with van der Waals surface area (Å²) in [5.74, 6) is 0.0276. The number of rotatable bonds is 4. The molecule has 0 bridgehead atoms. The highest BCUT2D eigenvalue weighted by molar-refractivity contribution is 8.00. The lowest BCUT2D eigenvalue weighted by Crippen LogP contribution is -2.33. The van der Waals surface area contributed by atoms with E-state index in [2.05, 4.69) is 4.98 Å². The Kier molecular flexibility index (Phi) is 5.28. The standard InChI is InChI=1S/C12H17FN3O6PS/c13-9-10(17)7(6-22-23(19)20-4-1-5-21-23)24-11(9)16-3-2-8(14)15-12(16)18/h2-3,7,9-11,17H,1,4-6H2,(H2,14,15,18)/t7-,9+,10-,11-/m1/s1. The molecule has 134 valence electrons. The fourth-order valence-electron chi connectivity index (χ4n) is 2.37. The molecule has 3 N–H and O–H groups in total. The third-order valence-corrected chi connectivity index (χ3v) is 6.60. The van der Waals surface area contributed by atoms with Crippen LogP contribution in [0, 0.1) is 0 Å². The molecule has 2 aliphatic rings. The molecule has 0 aromatic carbocycles. The molecule has 2 aliphatic heterocycles. The third kappa shape index (κ3) is 3.66. The Bertz CT molecular complexity index is 696. The van der Waals surface area contributed by atoms with Gasteiger partial charge in [-0.05, 0) is 12.5 Å². The highest BCUT2D eigenvalue weighted by Gasteiger charge is 2.46. The third-order valence-electron chi connectivity index (χ3n) is 3.60. The number of nitrogens with zero attached hydrogens (tertiary/aromatic N) is 2. The summed E-state index contributed by atoms with van der Waals surface area (Å²) < 4.78 is 42.6. The van der Waals surface area contributed by atoms with Crippen LogP contribution in [0.25, 0.3) is 0 Å². The monoisotopic (exact) mass is 381 g/mol. The first-order valence-electron chi connectivity index (χ1n) is 7.25. The summed E-state index contributed by atoms with van der Waals surface area (Å²) in [5.41, 5.74) is 4.69. The normalized spacial score (nSPS) is 32.8. The van der Waals surface area contributed by atoms with Crippen molar-refractivity contribution in [3.63, 3.8) is 0 Å². The Morgan fingerprint density at radius 2 is 2.25 bits per heavy atom. The molecule has 0 spiro atoms. The van der Waals surface area contributed by atoms with Crippen molar-refractivity contribution in [3.05, 3.63) is 22.7 Å². The molecular formula is C12H17FN3O6PS. The van der Waals surface area contributed by atoms with Gasteiger partial charge in [0.15, 0.2) is 6.17 Å². The smallest absolute Gasteiger partial charge is 0.389 e. The predicted molar refractivity (Wildman–Crippen MR) is 84.3 cm³/mol. The topological polar surface area (TPSA) is 126 Å². The summed E-state index contributed by atoms with van der Waals surface area (Å²) in [4.78, 5) is 15.4. The Hall–Kier alpha value is -0.970. The highest BCUT2D eigenvalue weighted by atomic mass is 32.2. The van der Waals surface area contributed by atoms with Crippen LogP contribution < -0.4 is 11.4 Å². The number of hydrogen-bond donors (Lipinski definition) is 2. The van der Waals surface area contributed by atoms with Crippen molar-refractivity contribution in [2.45, 2.75) is 29.3 Å². The number of hydrogen-bond acceptors (Lipinski definition) is 9. The van der Waals surface area contributed by atoms with E-state index in [0.29, 0.717) is 6.42 Å². The van der Waals surface area contributed by atoms with Gasteiger partial charge in [0.1, 0.15) is 17.3 Å². The van der Waals surface area contributed by atoms with Gasteiger partial charge in [0, 0.05) is 6.20 Å². The van der Waals surface area contributed by atoms with E-state index < -0.39 is 36.4 Å². The molecule has 24 heavy (non-hydrogen) atoms. The second-order valence-electron chi connectivity index (χ2n) is 5.31. The van der Waals surface area contributed by atoms with Crippen LogP contribution in [0.4, 0.5) is 10.2 Å². The van der Waals surface area contributed by atoms with E-state index in [9.17, 15) is 18.9 Å². The second kappa shape index (κ2) is 7.11. The number of nitrogen functional groups attached to an aromatic ring is 1. The fourth-order valence-corrected chi connectivity index (χ4v) is 5.16. The molecule has 0 amide bonds. The molecule has 3 rings (SSSR count). The SMILES string of the molecule is Nc1ccn([C@@H]2S[C@H](COP3(=O)OCCCO3)[C@@H](O)[C@@H]2F)c(=O)n1. The number of aliphatic hydroxyl groups excluding tert-OH is 1. The van der Waals surface area contributed by atoms with E-state index in [-0.39, 0.29) is 25.6 Å². The van der Waals surface area contributed by atoms with Crippen LogP contribution in [0.5, 0.6) is 0 Å². The summed E-state index contributed by atoms with van der Waals surface area (Å²) in [6.07, 6.45) is -1.20. The second-order valence-corrected chi connectivity index (χ2v) is 8.34. The van der Waals surface area contributed by atoms with Gasteiger partial charge in [-0.1, -0.05) is 0 Å². The molecule has 0 unspecified atom stereocenters. The molecule has 1 aromatic rings. The van der Waals surface area contributed by atoms with E-state index in [1.165, 1.54) is 12.3 Å². The van der Waals surface area contributed by atoms with Gasteiger partial charge >= 0.3 is 13.5 Å². The minimum absolute atomic E-state index is 0.0276. The summed E-state index contributed by atoms with van der Waals surface area (Å²) in [5, 5.41) is 8.32. The zero-order valence-corrected chi connectivity index (χ0v) is 14.2. The first kappa shape index (κ1) is 17.8. The maximum Gasteiger partial charge on any atom is 0.474 e. The number of thioether (sulfide) groups is 1. The Labute approximate surface area is 140 Å². The maximum absolute atomic E-state index is 14.4. The average Bonchev–Trinajstić information content (AvgIpc) is 2.82. The summed E-state index contributed by atoms with van der Waals surface area (Å²) in [6, 6.07) is 1.37. The molecule has 0 radical (unpaired) electrons. The predicted octanol–water partition coefficient (Wildman–Crippen LogP) is 0.700. The van der Waals surface area contributed by atoms with Crippen molar-refractivity contribution < 1.29 is 27.6 Å². The molecule has 4 atom stereocenters. The molecule has 1 aromatic heterocycles. The molecule has 3 heterocycles. The van der Waals surface area contributed by atoms with E-state index in [4.69, 9.17) is 19.3 Å². The van der Waals surface area contributed by atoms with Crippen molar-refractivity contribution in [1.82, 2.24) is 9.55 Å². The number of aromatic nitrogens is 2. The van der Waals surface area contributed by atoms with E-state index in [0.717, 1.165) is 16.3 Å². The molecule has 0 saturated carbocycles. The molecule has 12 heteroatoms. The first-order chi connectivity index (χ1) is 11.4. The van der Waals surface area contributed by atoms with E-state index >= 15 is 0 Å². The highest BCUT2D eigenvalue weighted by Crippen LogP contribution is 2.53. The summed E-state index contributed by atoms with van der Waals surface area (Å²) in [6.45, 7) is 0.258. The Morgan fingerprint density at radius 1 is 1.54 bits per heavy atom. The van der Waals surface area contributed by atoms with E-state index in [1.807, 2.05) is 0 Å². The van der Waals surface area contributed by atoms with Crippen LogP contribution in [0.1, 0.15) is 11.8 Å². The van der Waals surface area contributed by atoms with Gasteiger partial charge in [-0.2, -0.15) is 4.98 Å². The molecule has 9 nitrogen and oxygen atoms in total. The lowest BCUT2D eigenvalue weighted by Gasteiger charge is -2.23. The number of anilines is 1. The van der Waals surface area contributed by atoms with Crippen molar-refractivity contribution in [3.8, 4) is 0 Å². The van der Waals surface area contributed by atoms with Crippen LogP contribution in [-0.2, 0) is 18.1 Å². The van der Waals surface area contributed by atoms with Gasteiger partial charge in [0.2, 0.25) is 0 Å². The lowest BCUT2D eigenvalue weighted by molar-refractivity contribution is 0.0451. The summed E-state index contributed by atoms with van der Waals surface area (Å²) in [7, 11) is -3.66. The molecule has 0 aliphatic carbocycles. The number of alkyl halides is 1. The van der Waals surface area contributed by atoms with Crippen molar-refractivity contribution in [2.75, 3.05) is 25.6 Å². The van der Waals surface area contributed by atoms with Gasteiger partial charge < -0.3 is 10.8 Å².